The molecule has 1 fully saturated rings. The molecule has 1 saturated heterocycles. The van der Waals surface area contributed by atoms with Crippen molar-refractivity contribution in [2.24, 2.45) is 0 Å². The molecule has 5 nitrogen and oxygen atoms in total. The maximum Gasteiger partial charge on any atom is 0.322 e. The molecule has 0 aromatic heterocycles. The van der Waals surface area contributed by atoms with Crippen LogP contribution in [0, 0.1) is 0 Å². The van der Waals surface area contributed by atoms with Crippen LogP contribution in [-0.2, 0) is 4.79 Å². The summed E-state index contributed by atoms with van der Waals surface area (Å²) in [5, 5.41) is 13.6. The number of hydrogen-bond donors (Lipinski definition) is 3. The first-order valence-electron chi connectivity index (χ1n) is 4.07. The molecule has 0 spiro atoms. The first kappa shape index (κ1) is 8.55. The maximum atomic E-state index is 11.2. The highest BCUT2D eigenvalue weighted by Crippen LogP contribution is 2.18. The van der Waals surface area contributed by atoms with Crippen molar-refractivity contribution >= 4 is 11.9 Å². The first-order valence-corrected chi connectivity index (χ1v) is 4.07. The largest absolute Gasteiger partial charge is 0.508 e. The fourth-order valence-corrected chi connectivity index (χ4v) is 1.32. The van der Waals surface area contributed by atoms with Gasteiger partial charge in [0.15, 0.2) is 0 Å². The molecule has 1 aliphatic heterocycles. The van der Waals surface area contributed by atoms with Gasteiger partial charge in [-0.15, -0.1) is 0 Å². The van der Waals surface area contributed by atoms with E-state index in [1.807, 2.05) is 0 Å². The number of urea groups is 1. The number of amides is 3. The lowest BCUT2D eigenvalue weighted by Crippen LogP contribution is -2.22. The van der Waals surface area contributed by atoms with E-state index < -0.39 is 12.1 Å². The summed E-state index contributed by atoms with van der Waals surface area (Å²) in [6.07, 6.45) is 0. The molecule has 3 amide bonds. The highest BCUT2D eigenvalue weighted by Gasteiger charge is 2.30. The Kier molecular flexibility index (Phi) is 1.85. The highest BCUT2D eigenvalue weighted by molar-refractivity contribution is 6.04. The van der Waals surface area contributed by atoms with Crippen LogP contribution in [0.25, 0.3) is 0 Å². The number of carbonyl (C=O) groups is 2. The quantitative estimate of drug-likeness (QED) is 0.559. The van der Waals surface area contributed by atoms with Crippen molar-refractivity contribution in [1.82, 2.24) is 10.6 Å². The molecule has 3 N–H and O–H groups in total. The SMILES string of the molecule is O=C1NC(=O)C(c2ccc(O)cc2)N1. The molecule has 1 aromatic rings. The zero-order chi connectivity index (χ0) is 10.1. The van der Waals surface area contributed by atoms with Crippen LogP contribution in [0.15, 0.2) is 24.3 Å². The molecule has 0 radical (unpaired) electrons. The van der Waals surface area contributed by atoms with Crippen LogP contribution in [0.3, 0.4) is 0 Å². The van der Waals surface area contributed by atoms with E-state index >= 15 is 0 Å². The van der Waals surface area contributed by atoms with E-state index in [4.69, 9.17) is 5.11 Å². The molecule has 0 aliphatic carbocycles. The second-order valence-corrected chi connectivity index (χ2v) is 2.99. The summed E-state index contributed by atoms with van der Waals surface area (Å²) in [4.78, 5) is 22.0. The van der Waals surface area contributed by atoms with Crippen LogP contribution < -0.4 is 10.6 Å². The van der Waals surface area contributed by atoms with Gasteiger partial charge in [0.1, 0.15) is 11.8 Å². The summed E-state index contributed by atoms with van der Waals surface area (Å²) in [5.74, 6) is -0.251. The summed E-state index contributed by atoms with van der Waals surface area (Å²) in [5.41, 5.74) is 0.645. The monoisotopic (exact) mass is 192 g/mol. The van der Waals surface area contributed by atoms with Gasteiger partial charge in [0.2, 0.25) is 0 Å². The van der Waals surface area contributed by atoms with Crippen molar-refractivity contribution in [3.05, 3.63) is 29.8 Å². The van der Waals surface area contributed by atoms with Gasteiger partial charge in [0, 0.05) is 0 Å². The third-order valence-corrected chi connectivity index (χ3v) is 2.00. The van der Waals surface area contributed by atoms with Gasteiger partial charge in [-0.3, -0.25) is 10.1 Å². The first-order chi connectivity index (χ1) is 6.66. The summed E-state index contributed by atoms with van der Waals surface area (Å²) < 4.78 is 0. The van der Waals surface area contributed by atoms with E-state index in [9.17, 15) is 9.59 Å². The zero-order valence-electron chi connectivity index (χ0n) is 7.15. The number of carbonyl (C=O) groups excluding carboxylic acids is 2. The molecule has 1 heterocycles. The minimum atomic E-state index is -0.650. The van der Waals surface area contributed by atoms with Gasteiger partial charge in [-0.25, -0.2) is 4.79 Å². The van der Waals surface area contributed by atoms with Crippen LogP contribution in [0.1, 0.15) is 11.6 Å². The van der Waals surface area contributed by atoms with Crippen LogP contribution in [0.2, 0.25) is 0 Å². The number of benzene rings is 1. The molecular weight excluding hydrogens is 184 g/mol. The van der Waals surface area contributed by atoms with E-state index in [0.29, 0.717) is 5.56 Å². The minimum Gasteiger partial charge on any atom is -0.508 e. The Morgan fingerprint density at radius 1 is 1.14 bits per heavy atom. The van der Waals surface area contributed by atoms with Crippen LogP contribution in [0.5, 0.6) is 5.75 Å². The van der Waals surface area contributed by atoms with E-state index in [2.05, 4.69) is 10.6 Å². The van der Waals surface area contributed by atoms with E-state index in [0.717, 1.165) is 0 Å². The normalized spacial score (nSPS) is 20.4. The summed E-state index contributed by atoms with van der Waals surface area (Å²) in [6.45, 7) is 0. The molecular formula is C9H8N2O3. The van der Waals surface area contributed by atoms with Crippen molar-refractivity contribution in [3.8, 4) is 5.75 Å². The number of phenolic OH excluding ortho intramolecular Hbond substituents is 1. The summed E-state index contributed by atoms with van der Waals surface area (Å²) in [7, 11) is 0. The van der Waals surface area contributed by atoms with Crippen molar-refractivity contribution < 1.29 is 14.7 Å². The molecule has 72 valence electrons. The van der Waals surface area contributed by atoms with Crippen LogP contribution in [0.4, 0.5) is 4.79 Å². The van der Waals surface area contributed by atoms with E-state index in [1.165, 1.54) is 12.1 Å². The molecule has 0 saturated carbocycles. The number of phenols is 1. The molecule has 14 heavy (non-hydrogen) atoms. The Morgan fingerprint density at radius 3 is 2.29 bits per heavy atom. The Hall–Kier alpha value is -2.04. The Labute approximate surface area is 79.7 Å². The van der Waals surface area contributed by atoms with Crippen LogP contribution in [-0.4, -0.2) is 17.0 Å². The summed E-state index contributed by atoms with van der Waals surface area (Å²) >= 11 is 0. The average Bonchev–Trinajstić information content (AvgIpc) is 2.47. The predicted molar refractivity (Wildman–Crippen MR) is 47.5 cm³/mol. The van der Waals surface area contributed by atoms with Crippen molar-refractivity contribution in [2.75, 3.05) is 0 Å². The van der Waals surface area contributed by atoms with Gasteiger partial charge in [0.05, 0.1) is 0 Å². The van der Waals surface area contributed by atoms with Gasteiger partial charge in [-0.2, -0.15) is 0 Å². The average molecular weight is 192 g/mol. The smallest absolute Gasteiger partial charge is 0.322 e. The van der Waals surface area contributed by atoms with Gasteiger partial charge >= 0.3 is 6.03 Å². The molecule has 5 heteroatoms. The Bertz CT molecular complexity index is 386. The number of rotatable bonds is 1. The van der Waals surface area contributed by atoms with E-state index in [1.54, 1.807) is 12.1 Å². The van der Waals surface area contributed by atoms with Gasteiger partial charge < -0.3 is 10.4 Å². The standard InChI is InChI=1S/C9H8N2O3/c12-6-3-1-5(2-4-6)7-8(13)11-9(14)10-7/h1-4,7,12H,(H2,10,11,13,14). The molecule has 1 aromatic carbocycles. The lowest BCUT2D eigenvalue weighted by molar-refractivity contribution is -0.120. The fourth-order valence-electron chi connectivity index (χ4n) is 1.32. The molecule has 1 unspecified atom stereocenters. The molecule has 2 rings (SSSR count). The number of nitrogens with one attached hydrogen (secondary N) is 2. The minimum absolute atomic E-state index is 0.124. The Balaban J connectivity index is 2.27. The van der Waals surface area contributed by atoms with Crippen molar-refractivity contribution in [3.63, 3.8) is 0 Å². The number of aromatic hydroxyl groups is 1. The number of imide groups is 1. The molecule has 1 atom stereocenters. The summed E-state index contributed by atoms with van der Waals surface area (Å²) in [6, 6.07) is 4.97. The second kappa shape index (κ2) is 3.02. The fraction of sp³-hybridized carbons (Fsp3) is 0.111. The molecule has 1 aliphatic rings. The van der Waals surface area contributed by atoms with Gasteiger partial charge in [-0.05, 0) is 17.7 Å². The Morgan fingerprint density at radius 2 is 1.79 bits per heavy atom. The predicted octanol–water partition coefficient (Wildman–Crippen LogP) is 0.273. The third-order valence-electron chi connectivity index (χ3n) is 2.00. The van der Waals surface area contributed by atoms with Crippen molar-refractivity contribution in [2.45, 2.75) is 6.04 Å². The van der Waals surface area contributed by atoms with Gasteiger partial charge in [-0.1, -0.05) is 12.1 Å². The third kappa shape index (κ3) is 1.39. The molecule has 0 bridgehead atoms. The van der Waals surface area contributed by atoms with Gasteiger partial charge in [0.25, 0.3) is 5.91 Å². The number of hydrogen-bond acceptors (Lipinski definition) is 3. The topological polar surface area (TPSA) is 78.4 Å². The maximum absolute atomic E-state index is 11.2. The van der Waals surface area contributed by atoms with Crippen LogP contribution >= 0.6 is 0 Å². The zero-order valence-corrected chi connectivity index (χ0v) is 7.15. The lowest BCUT2D eigenvalue weighted by Gasteiger charge is -2.06. The van der Waals surface area contributed by atoms with E-state index in [-0.39, 0.29) is 11.7 Å². The second-order valence-electron chi connectivity index (χ2n) is 2.99. The lowest BCUT2D eigenvalue weighted by atomic mass is 10.1. The van der Waals surface area contributed by atoms with Crippen molar-refractivity contribution in [1.29, 1.82) is 0 Å². The highest BCUT2D eigenvalue weighted by atomic mass is 16.3.